The molecule has 2 aliphatic carbocycles. The maximum absolute atomic E-state index is 5.64. The molecular weight excluding hydrogens is 206 g/mol. The van der Waals surface area contributed by atoms with Crippen molar-refractivity contribution < 1.29 is 0 Å². The molecule has 15 heavy (non-hydrogen) atoms. The summed E-state index contributed by atoms with van der Waals surface area (Å²) in [5, 5.41) is 3.63. The fourth-order valence-corrected chi connectivity index (χ4v) is 3.62. The maximum atomic E-state index is 5.64. The number of alkyl halides is 1. The summed E-state index contributed by atoms with van der Waals surface area (Å²) < 4.78 is 0. The summed E-state index contributed by atoms with van der Waals surface area (Å²) in [6, 6.07) is 0. The van der Waals surface area contributed by atoms with Gasteiger partial charge < -0.3 is 5.32 Å². The molecule has 0 radical (unpaired) electrons. The lowest BCUT2D eigenvalue weighted by Crippen LogP contribution is -2.27. The maximum Gasteiger partial charge on any atom is 0.0223 e. The number of hydrogen-bond acceptors (Lipinski definition) is 1. The van der Waals surface area contributed by atoms with Crippen molar-refractivity contribution in [2.45, 2.75) is 44.9 Å². The summed E-state index contributed by atoms with van der Waals surface area (Å²) >= 11 is 5.64. The van der Waals surface area contributed by atoms with Gasteiger partial charge in [0.25, 0.3) is 0 Å². The van der Waals surface area contributed by atoms with Gasteiger partial charge in [-0.1, -0.05) is 12.8 Å². The molecule has 88 valence electrons. The Morgan fingerprint density at radius 2 is 2.00 bits per heavy atom. The Labute approximate surface area is 99.0 Å². The van der Waals surface area contributed by atoms with Crippen LogP contribution in [0, 0.1) is 17.8 Å². The van der Waals surface area contributed by atoms with Crippen LogP contribution >= 0.6 is 11.6 Å². The van der Waals surface area contributed by atoms with Crippen LogP contribution in [0.5, 0.6) is 0 Å². The van der Waals surface area contributed by atoms with Gasteiger partial charge in [-0.15, -0.1) is 11.6 Å². The van der Waals surface area contributed by atoms with Crippen molar-refractivity contribution in [2.24, 2.45) is 17.8 Å². The highest BCUT2D eigenvalue weighted by Crippen LogP contribution is 2.47. The fourth-order valence-electron chi connectivity index (χ4n) is 3.44. The van der Waals surface area contributed by atoms with E-state index in [-0.39, 0.29) is 0 Å². The molecule has 0 aliphatic heterocycles. The number of nitrogens with one attached hydrogen (secondary N) is 1. The van der Waals surface area contributed by atoms with E-state index < -0.39 is 0 Å². The van der Waals surface area contributed by atoms with Gasteiger partial charge in [0.1, 0.15) is 0 Å². The number of hydrogen-bond donors (Lipinski definition) is 1. The quantitative estimate of drug-likeness (QED) is 0.521. The first-order chi connectivity index (χ1) is 7.40. The Hall–Kier alpha value is 0.250. The van der Waals surface area contributed by atoms with Crippen LogP contribution in [0.25, 0.3) is 0 Å². The van der Waals surface area contributed by atoms with Crippen LogP contribution in [0.4, 0.5) is 0 Å². The molecule has 0 spiro atoms. The summed E-state index contributed by atoms with van der Waals surface area (Å²) in [6.07, 6.45) is 9.86. The normalized spacial score (nSPS) is 33.8. The van der Waals surface area contributed by atoms with E-state index in [1.807, 2.05) is 0 Å². The molecule has 2 rings (SSSR count). The predicted molar refractivity (Wildman–Crippen MR) is 66.4 cm³/mol. The van der Waals surface area contributed by atoms with Gasteiger partial charge in [0, 0.05) is 5.88 Å². The summed E-state index contributed by atoms with van der Waals surface area (Å²) in [5.41, 5.74) is 0. The largest absolute Gasteiger partial charge is 0.316 e. The molecule has 0 amide bonds. The van der Waals surface area contributed by atoms with Gasteiger partial charge in [-0.25, -0.2) is 0 Å². The van der Waals surface area contributed by atoms with Gasteiger partial charge in [-0.05, 0) is 62.9 Å². The first-order valence-electron chi connectivity index (χ1n) is 6.67. The highest BCUT2D eigenvalue weighted by molar-refractivity contribution is 6.17. The SMILES string of the molecule is ClCCCCCNCC1CC2CCC1C2. The molecule has 0 aromatic heterocycles. The Morgan fingerprint density at radius 1 is 1.07 bits per heavy atom. The van der Waals surface area contributed by atoms with Crippen molar-refractivity contribution in [1.29, 1.82) is 0 Å². The van der Waals surface area contributed by atoms with E-state index >= 15 is 0 Å². The number of unbranched alkanes of at least 4 members (excludes halogenated alkanes) is 2. The number of rotatable bonds is 7. The predicted octanol–water partition coefficient (Wildman–Crippen LogP) is 3.42. The molecule has 0 heterocycles. The molecule has 0 aromatic carbocycles. The molecule has 0 aromatic rings. The van der Waals surface area contributed by atoms with Gasteiger partial charge in [-0.2, -0.15) is 0 Å². The first-order valence-corrected chi connectivity index (χ1v) is 7.20. The lowest BCUT2D eigenvalue weighted by atomic mass is 9.89. The molecule has 0 saturated heterocycles. The van der Waals surface area contributed by atoms with Gasteiger partial charge in [0.05, 0.1) is 0 Å². The molecule has 2 fully saturated rings. The highest BCUT2D eigenvalue weighted by atomic mass is 35.5. The Kier molecular flexibility index (Phi) is 4.77. The van der Waals surface area contributed by atoms with Crippen molar-refractivity contribution in [3.05, 3.63) is 0 Å². The molecule has 3 atom stereocenters. The topological polar surface area (TPSA) is 12.0 Å². The van der Waals surface area contributed by atoms with Crippen LogP contribution in [0.1, 0.15) is 44.9 Å². The molecule has 1 nitrogen and oxygen atoms in total. The zero-order valence-electron chi connectivity index (χ0n) is 9.68. The summed E-state index contributed by atoms with van der Waals surface area (Å²) in [6.45, 7) is 2.48. The van der Waals surface area contributed by atoms with Gasteiger partial charge in [0.15, 0.2) is 0 Å². The monoisotopic (exact) mass is 229 g/mol. The van der Waals surface area contributed by atoms with E-state index in [0.29, 0.717) is 0 Å². The van der Waals surface area contributed by atoms with Crippen LogP contribution in [-0.4, -0.2) is 19.0 Å². The van der Waals surface area contributed by atoms with Crippen LogP contribution in [0.2, 0.25) is 0 Å². The zero-order valence-corrected chi connectivity index (χ0v) is 10.4. The summed E-state index contributed by atoms with van der Waals surface area (Å²) in [7, 11) is 0. The van der Waals surface area contributed by atoms with Crippen LogP contribution in [-0.2, 0) is 0 Å². The van der Waals surface area contributed by atoms with E-state index in [2.05, 4.69) is 5.32 Å². The Morgan fingerprint density at radius 3 is 2.67 bits per heavy atom. The number of fused-ring (bicyclic) bond motifs is 2. The minimum Gasteiger partial charge on any atom is -0.316 e. The molecule has 3 unspecified atom stereocenters. The molecule has 1 N–H and O–H groups in total. The lowest BCUT2D eigenvalue weighted by Gasteiger charge is -2.21. The van der Waals surface area contributed by atoms with E-state index in [4.69, 9.17) is 11.6 Å². The van der Waals surface area contributed by atoms with Crippen molar-refractivity contribution in [2.75, 3.05) is 19.0 Å². The zero-order chi connectivity index (χ0) is 10.5. The number of halogens is 1. The highest BCUT2D eigenvalue weighted by Gasteiger charge is 2.38. The van der Waals surface area contributed by atoms with Gasteiger partial charge >= 0.3 is 0 Å². The summed E-state index contributed by atoms with van der Waals surface area (Å²) in [4.78, 5) is 0. The first kappa shape index (κ1) is 11.7. The minimum atomic E-state index is 0.826. The molecule has 2 saturated carbocycles. The van der Waals surface area contributed by atoms with E-state index in [0.717, 1.165) is 23.6 Å². The minimum absolute atomic E-state index is 0.826. The Balaban J connectivity index is 1.48. The second-order valence-electron chi connectivity index (χ2n) is 5.39. The molecule has 2 heteroatoms. The third-order valence-electron chi connectivity index (χ3n) is 4.28. The average molecular weight is 230 g/mol. The average Bonchev–Trinajstić information content (AvgIpc) is 2.85. The Bertz CT molecular complexity index is 183. The fraction of sp³-hybridized carbons (Fsp3) is 1.00. The van der Waals surface area contributed by atoms with Crippen molar-refractivity contribution in [3.8, 4) is 0 Å². The van der Waals surface area contributed by atoms with Crippen molar-refractivity contribution in [1.82, 2.24) is 5.32 Å². The smallest absolute Gasteiger partial charge is 0.0223 e. The van der Waals surface area contributed by atoms with Gasteiger partial charge in [-0.3, -0.25) is 0 Å². The van der Waals surface area contributed by atoms with E-state index in [9.17, 15) is 0 Å². The molecular formula is C13H24ClN. The standard InChI is InChI=1S/C13H24ClN/c14-6-2-1-3-7-15-10-13-9-11-4-5-12(13)8-11/h11-13,15H,1-10H2. The molecule has 2 aliphatic rings. The lowest BCUT2D eigenvalue weighted by molar-refractivity contribution is 0.318. The third-order valence-corrected chi connectivity index (χ3v) is 4.55. The van der Waals surface area contributed by atoms with Crippen LogP contribution in [0.15, 0.2) is 0 Å². The second-order valence-corrected chi connectivity index (χ2v) is 5.77. The summed E-state index contributed by atoms with van der Waals surface area (Å²) in [5.74, 6) is 4.01. The van der Waals surface area contributed by atoms with Crippen LogP contribution in [0.3, 0.4) is 0 Å². The second kappa shape index (κ2) is 6.10. The van der Waals surface area contributed by atoms with Crippen molar-refractivity contribution >= 4 is 11.6 Å². The third kappa shape index (κ3) is 3.35. The van der Waals surface area contributed by atoms with E-state index in [1.54, 1.807) is 6.42 Å². The molecule has 2 bridgehead atoms. The van der Waals surface area contributed by atoms with Gasteiger partial charge in [0.2, 0.25) is 0 Å². The van der Waals surface area contributed by atoms with Crippen molar-refractivity contribution in [3.63, 3.8) is 0 Å². The van der Waals surface area contributed by atoms with E-state index in [1.165, 1.54) is 51.6 Å². The van der Waals surface area contributed by atoms with Crippen LogP contribution < -0.4 is 5.32 Å².